The van der Waals surface area contributed by atoms with Gasteiger partial charge in [-0.3, -0.25) is 9.59 Å². The van der Waals surface area contributed by atoms with Gasteiger partial charge in [0, 0.05) is 16.2 Å². The molecule has 114 valence electrons. The zero-order chi connectivity index (χ0) is 16.2. The molecule has 0 spiro atoms. The van der Waals surface area contributed by atoms with E-state index in [2.05, 4.69) is 0 Å². The summed E-state index contributed by atoms with van der Waals surface area (Å²) in [6.45, 7) is 0. The second-order valence-electron chi connectivity index (χ2n) is 4.69. The first kappa shape index (κ1) is 15.9. The van der Waals surface area contributed by atoms with E-state index in [4.69, 9.17) is 11.6 Å². The number of carbonyl (C=O) groups is 2. The molecular formula is C18H11ClO2S2. The molecule has 0 atom stereocenters. The van der Waals surface area contributed by atoms with Gasteiger partial charge in [0.25, 0.3) is 0 Å². The van der Waals surface area contributed by atoms with Crippen molar-refractivity contribution < 1.29 is 9.59 Å². The number of ketones is 2. The Labute approximate surface area is 146 Å². The maximum absolute atomic E-state index is 12.8. The van der Waals surface area contributed by atoms with Crippen LogP contribution in [0.25, 0.3) is 5.57 Å². The third kappa shape index (κ3) is 3.50. The molecule has 2 nitrogen and oxygen atoms in total. The van der Waals surface area contributed by atoms with Crippen LogP contribution in [0.15, 0.2) is 65.4 Å². The van der Waals surface area contributed by atoms with Gasteiger partial charge in [0.15, 0.2) is 5.78 Å². The van der Waals surface area contributed by atoms with Gasteiger partial charge in [-0.25, -0.2) is 0 Å². The number of thiophene rings is 2. The Morgan fingerprint density at radius 3 is 2.13 bits per heavy atom. The molecule has 3 rings (SSSR count). The Hall–Kier alpha value is -2.01. The fourth-order valence-corrected chi connectivity index (χ4v) is 3.66. The topological polar surface area (TPSA) is 34.1 Å². The summed E-state index contributed by atoms with van der Waals surface area (Å²) in [4.78, 5) is 26.4. The molecule has 2 aromatic heterocycles. The van der Waals surface area contributed by atoms with Crippen molar-refractivity contribution in [2.45, 2.75) is 0 Å². The molecule has 0 amide bonds. The van der Waals surface area contributed by atoms with Crippen LogP contribution in [-0.4, -0.2) is 11.6 Å². The van der Waals surface area contributed by atoms with Gasteiger partial charge in [-0.05, 0) is 35.0 Å². The molecule has 0 fully saturated rings. The molecule has 0 saturated carbocycles. The number of carbonyl (C=O) groups excluding carboxylic acids is 2. The zero-order valence-electron chi connectivity index (χ0n) is 11.9. The molecule has 0 bridgehead atoms. The highest BCUT2D eigenvalue weighted by Crippen LogP contribution is 2.29. The van der Waals surface area contributed by atoms with Gasteiger partial charge >= 0.3 is 0 Å². The molecule has 5 heteroatoms. The lowest BCUT2D eigenvalue weighted by Gasteiger charge is -2.07. The van der Waals surface area contributed by atoms with Crippen LogP contribution in [-0.2, 0) is 0 Å². The molecule has 0 N–H and O–H groups in total. The molecule has 3 aromatic rings. The molecular weight excluding hydrogens is 348 g/mol. The van der Waals surface area contributed by atoms with Gasteiger partial charge in [-0.15, -0.1) is 22.7 Å². The van der Waals surface area contributed by atoms with Crippen molar-refractivity contribution >= 4 is 51.4 Å². The summed E-state index contributed by atoms with van der Waals surface area (Å²) in [5.41, 5.74) is 0.883. The Morgan fingerprint density at radius 2 is 1.52 bits per heavy atom. The molecule has 1 aromatic carbocycles. The predicted molar refractivity (Wildman–Crippen MR) is 96.7 cm³/mol. The minimum atomic E-state index is -0.196. The highest BCUT2D eigenvalue weighted by atomic mass is 35.5. The van der Waals surface area contributed by atoms with Crippen molar-refractivity contribution in [3.05, 3.63) is 85.7 Å². The monoisotopic (exact) mass is 358 g/mol. The van der Waals surface area contributed by atoms with Crippen LogP contribution in [0.4, 0.5) is 0 Å². The second-order valence-corrected chi connectivity index (χ2v) is 6.99. The number of rotatable bonds is 5. The first-order valence-electron chi connectivity index (χ1n) is 6.79. The summed E-state index contributed by atoms with van der Waals surface area (Å²) in [6.07, 6.45) is 1.38. The van der Waals surface area contributed by atoms with Crippen LogP contribution < -0.4 is 0 Å². The number of benzene rings is 1. The first-order chi connectivity index (χ1) is 11.2. The molecule has 2 heterocycles. The Bertz CT molecular complexity index is 862. The SMILES string of the molecule is O=C(/C=C(/C(=O)c1cccs1)c1ccccc1Cl)c1cccs1. The van der Waals surface area contributed by atoms with Crippen molar-refractivity contribution in [3.63, 3.8) is 0 Å². The third-order valence-corrected chi connectivity index (χ3v) is 5.28. The average molecular weight is 359 g/mol. The minimum absolute atomic E-state index is 0.195. The first-order valence-corrected chi connectivity index (χ1v) is 8.93. The maximum Gasteiger partial charge on any atom is 0.203 e. The van der Waals surface area contributed by atoms with Crippen LogP contribution in [0.1, 0.15) is 24.9 Å². The lowest BCUT2D eigenvalue weighted by atomic mass is 9.99. The van der Waals surface area contributed by atoms with E-state index in [9.17, 15) is 9.59 Å². The van der Waals surface area contributed by atoms with Crippen molar-refractivity contribution in [1.29, 1.82) is 0 Å². The number of allylic oxidation sites excluding steroid dienone is 2. The van der Waals surface area contributed by atoms with Crippen molar-refractivity contribution in [2.24, 2.45) is 0 Å². The highest BCUT2D eigenvalue weighted by Gasteiger charge is 2.19. The summed E-state index contributed by atoms with van der Waals surface area (Å²) in [5, 5.41) is 4.11. The zero-order valence-corrected chi connectivity index (χ0v) is 14.3. The van der Waals surface area contributed by atoms with E-state index < -0.39 is 0 Å². The van der Waals surface area contributed by atoms with Crippen molar-refractivity contribution in [2.75, 3.05) is 0 Å². The van der Waals surface area contributed by atoms with E-state index in [1.807, 2.05) is 22.9 Å². The van der Waals surface area contributed by atoms with Crippen molar-refractivity contribution in [1.82, 2.24) is 0 Å². The Balaban J connectivity index is 2.09. The average Bonchev–Trinajstić information content (AvgIpc) is 3.25. The Morgan fingerprint density at radius 1 is 0.870 bits per heavy atom. The predicted octanol–water partition coefficient (Wildman–Crippen LogP) is 5.61. The normalized spacial score (nSPS) is 11.4. The molecule has 0 unspecified atom stereocenters. The van der Waals surface area contributed by atoms with Gasteiger partial charge in [0.1, 0.15) is 0 Å². The molecule has 23 heavy (non-hydrogen) atoms. The van der Waals surface area contributed by atoms with Crippen LogP contribution in [0.2, 0.25) is 5.02 Å². The van der Waals surface area contributed by atoms with E-state index in [1.54, 1.807) is 36.4 Å². The fourth-order valence-electron chi connectivity index (χ4n) is 2.11. The number of Topliss-reactive ketones (excluding diaryl/α,β-unsaturated/α-hetero) is 1. The minimum Gasteiger partial charge on any atom is -0.288 e. The number of hydrogen-bond donors (Lipinski definition) is 0. The van der Waals surface area contributed by atoms with Gasteiger partial charge in [0.2, 0.25) is 5.78 Å². The fraction of sp³-hybridized carbons (Fsp3) is 0. The summed E-state index contributed by atoms with van der Waals surface area (Å²) >= 11 is 8.92. The van der Waals surface area contributed by atoms with E-state index in [0.29, 0.717) is 25.9 Å². The summed E-state index contributed by atoms with van der Waals surface area (Å²) < 4.78 is 0. The number of halogens is 1. The molecule has 0 saturated heterocycles. The lowest BCUT2D eigenvalue weighted by Crippen LogP contribution is -2.04. The standard InChI is InChI=1S/C18H11ClO2S2/c19-14-6-2-1-5-12(14)13(18(21)17-8-4-10-23-17)11-15(20)16-7-3-9-22-16/h1-11H/b13-11+. The van der Waals surface area contributed by atoms with E-state index >= 15 is 0 Å². The molecule has 0 aliphatic heterocycles. The third-order valence-electron chi connectivity index (χ3n) is 3.19. The smallest absolute Gasteiger partial charge is 0.203 e. The van der Waals surface area contributed by atoms with Gasteiger partial charge in [-0.1, -0.05) is 41.9 Å². The largest absolute Gasteiger partial charge is 0.288 e. The summed E-state index contributed by atoms with van der Waals surface area (Å²) in [5.74, 6) is -0.391. The van der Waals surface area contributed by atoms with E-state index in [1.165, 1.54) is 28.7 Å². The summed E-state index contributed by atoms with van der Waals surface area (Å²) in [6, 6.07) is 14.2. The van der Waals surface area contributed by atoms with E-state index in [-0.39, 0.29) is 11.6 Å². The van der Waals surface area contributed by atoms with E-state index in [0.717, 1.165) is 0 Å². The van der Waals surface area contributed by atoms with Gasteiger partial charge < -0.3 is 0 Å². The van der Waals surface area contributed by atoms with Crippen LogP contribution in [0, 0.1) is 0 Å². The van der Waals surface area contributed by atoms with Gasteiger partial charge in [0.05, 0.1) is 9.75 Å². The van der Waals surface area contributed by atoms with Gasteiger partial charge in [-0.2, -0.15) is 0 Å². The summed E-state index contributed by atoms with van der Waals surface area (Å²) in [7, 11) is 0. The lowest BCUT2D eigenvalue weighted by molar-refractivity contribution is 0.103. The molecule has 0 aliphatic rings. The highest BCUT2D eigenvalue weighted by molar-refractivity contribution is 7.13. The van der Waals surface area contributed by atoms with Crippen LogP contribution in [0.5, 0.6) is 0 Å². The van der Waals surface area contributed by atoms with Crippen molar-refractivity contribution in [3.8, 4) is 0 Å². The quantitative estimate of drug-likeness (QED) is 0.438. The number of hydrogen-bond acceptors (Lipinski definition) is 4. The van der Waals surface area contributed by atoms with Crippen LogP contribution >= 0.6 is 34.3 Å². The maximum atomic E-state index is 12.8. The Kier molecular flexibility index (Phi) is 4.86. The molecule has 0 radical (unpaired) electrons. The van der Waals surface area contributed by atoms with Crippen LogP contribution in [0.3, 0.4) is 0 Å². The second kappa shape index (κ2) is 7.04. The molecule has 0 aliphatic carbocycles.